The summed E-state index contributed by atoms with van der Waals surface area (Å²) in [7, 11) is 1.63. The van der Waals surface area contributed by atoms with Gasteiger partial charge in [-0.15, -0.1) is 0 Å². The summed E-state index contributed by atoms with van der Waals surface area (Å²) in [5, 5.41) is 0. The average Bonchev–Trinajstić information content (AvgIpc) is 2.40. The minimum absolute atomic E-state index is 0.433. The third-order valence-corrected chi connectivity index (χ3v) is 2.30. The van der Waals surface area contributed by atoms with Crippen molar-refractivity contribution in [1.29, 1.82) is 0 Å². The van der Waals surface area contributed by atoms with Crippen molar-refractivity contribution in [2.75, 3.05) is 7.11 Å². The highest BCUT2D eigenvalue weighted by Gasteiger charge is 1.98. The van der Waals surface area contributed by atoms with Crippen LogP contribution in [0.3, 0.4) is 0 Å². The van der Waals surface area contributed by atoms with Crippen LogP contribution in [0.1, 0.15) is 5.69 Å². The number of ether oxygens (including phenoxy) is 2. The van der Waals surface area contributed by atoms with Gasteiger partial charge in [0.2, 0.25) is 0 Å². The number of methoxy groups -OCH3 is 1. The van der Waals surface area contributed by atoms with Gasteiger partial charge in [0.05, 0.1) is 19.0 Å². The predicted octanol–water partition coefficient (Wildman–Crippen LogP) is 2.34. The molecule has 0 amide bonds. The van der Waals surface area contributed by atoms with Gasteiger partial charge in [-0.2, -0.15) is 0 Å². The van der Waals surface area contributed by atoms with E-state index < -0.39 is 0 Å². The van der Waals surface area contributed by atoms with E-state index in [4.69, 9.17) is 15.2 Å². The molecule has 4 nitrogen and oxygen atoms in total. The smallest absolute Gasteiger partial charge is 0.145 e. The van der Waals surface area contributed by atoms with Crippen molar-refractivity contribution in [3.63, 3.8) is 0 Å². The van der Waals surface area contributed by atoms with Crippen molar-refractivity contribution in [3.8, 4) is 17.2 Å². The maximum absolute atomic E-state index is 5.62. The van der Waals surface area contributed by atoms with E-state index in [0.717, 1.165) is 17.2 Å². The number of benzene rings is 1. The molecule has 0 atom stereocenters. The van der Waals surface area contributed by atoms with Crippen LogP contribution in [0, 0.1) is 0 Å². The van der Waals surface area contributed by atoms with Crippen molar-refractivity contribution in [2.24, 2.45) is 5.73 Å². The zero-order valence-corrected chi connectivity index (χ0v) is 9.59. The van der Waals surface area contributed by atoms with Gasteiger partial charge in [-0.3, -0.25) is 4.98 Å². The summed E-state index contributed by atoms with van der Waals surface area (Å²) in [5.41, 5.74) is 6.31. The summed E-state index contributed by atoms with van der Waals surface area (Å²) < 4.78 is 10.7. The molecule has 0 saturated carbocycles. The first kappa shape index (κ1) is 11.4. The lowest BCUT2D eigenvalue weighted by Gasteiger charge is -2.06. The quantitative estimate of drug-likeness (QED) is 0.875. The topological polar surface area (TPSA) is 57.4 Å². The Morgan fingerprint density at radius 2 is 1.65 bits per heavy atom. The van der Waals surface area contributed by atoms with Gasteiger partial charge in [0.25, 0.3) is 0 Å². The number of pyridine rings is 1. The monoisotopic (exact) mass is 230 g/mol. The molecule has 17 heavy (non-hydrogen) atoms. The second-order valence-electron chi connectivity index (χ2n) is 3.47. The summed E-state index contributed by atoms with van der Waals surface area (Å²) in [5.74, 6) is 2.23. The molecule has 0 bridgehead atoms. The molecule has 1 aromatic heterocycles. The van der Waals surface area contributed by atoms with E-state index in [9.17, 15) is 0 Å². The number of hydrogen-bond acceptors (Lipinski definition) is 4. The Balaban J connectivity index is 2.08. The zero-order chi connectivity index (χ0) is 12.1. The molecule has 0 spiro atoms. The number of rotatable bonds is 4. The summed E-state index contributed by atoms with van der Waals surface area (Å²) in [4.78, 5) is 4.15. The Labute approximate surface area is 100 Å². The molecule has 0 radical (unpaired) electrons. The minimum atomic E-state index is 0.433. The molecule has 4 heteroatoms. The lowest BCUT2D eigenvalue weighted by Crippen LogP contribution is -1.98. The van der Waals surface area contributed by atoms with Gasteiger partial charge >= 0.3 is 0 Å². The largest absolute Gasteiger partial charge is 0.497 e. The first-order valence-corrected chi connectivity index (χ1v) is 5.28. The van der Waals surface area contributed by atoms with Crippen LogP contribution in [-0.2, 0) is 6.54 Å². The van der Waals surface area contributed by atoms with Crippen LogP contribution in [0.4, 0.5) is 0 Å². The summed E-state index contributed by atoms with van der Waals surface area (Å²) >= 11 is 0. The Bertz CT molecular complexity index is 420. The van der Waals surface area contributed by atoms with Crippen LogP contribution in [0.2, 0.25) is 0 Å². The molecular weight excluding hydrogens is 216 g/mol. The third kappa shape index (κ3) is 2.95. The van der Waals surface area contributed by atoms with E-state index >= 15 is 0 Å². The number of nitrogens with zero attached hydrogens (tertiary/aromatic N) is 1. The molecule has 88 valence electrons. The molecule has 0 unspecified atom stereocenters. The average molecular weight is 230 g/mol. The maximum Gasteiger partial charge on any atom is 0.145 e. The molecule has 0 aliphatic rings. The van der Waals surface area contributed by atoms with Gasteiger partial charge in [-0.05, 0) is 36.4 Å². The Hall–Kier alpha value is -2.07. The molecule has 2 aromatic rings. The van der Waals surface area contributed by atoms with E-state index in [-0.39, 0.29) is 0 Å². The molecule has 0 aliphatic heterocycles. The van der Waals surface area contributed by atoms with Crippen molar-refractivity contribution in [1.82, 2.24) is 4.98 Å². The summed E-state index contributed by atoms with van der Waals surface area (Å²) in [6.45, 7) is 0.433. The lowest BCUT2D eigenvalue weighted by atomic mass is 10.3. The van der Waals surface area contributed by atoms with Crippen LogP contribution < -0.4 is 15.2 Å². The first-order valence-electron chi connectivity index (χ1n) is 5.28. The van der Waals surface area contributed by atoms with Crippen molar-refractivity contribution >= 4 is 0 Å². The Kier molecular flexibility index (Phi) is 3.57. The normalized spacial score (nSPS) is 10.0. The molecule has 0 aliphatic carbocycles. The fourth-order valence-corrected chi connectivity index (χ4v) is 1.37. The van der Waals surface area contributed by atoms with Crippen LogP contribution in [0.25, 0.3) is 0 Å². The minimum Gasteiger partial charge on any atom is -0.497 e. The third-order valence-electron chi connectivity index (χ3n) is 2.30. The SMILES string of the molecule is COc1ccc(Oc2ccc(CN)nc2)cc1. The van der Waals surface area contributed by atoms with E-state index in [1.807, 2.05) is 36.4 Å². The van der Waals surface area contributed by atoms with E-state index in [1.165, 1.54) is 0 Å². The van der Waals surface area contributed by atoms with Gasteiger partial charge in [0.15, 0.2) is 0 Å². The number of hydrogen-bond donors (Lipinski definition) is 1. The molecule has 2 N–H and O–H groups in total. The molecule has 1 heterocycles. The second-order valence-corrected chi connectivity index (χ2v) is 3.47. The Morgan fingerprint density at radius 3 is 2.18 bits per heavy atom. The molecule has 0 saturated heterocycles. The molecule has 0 fully saturated rings. The number of nitrogens with two attached hydrogens (primary N) is 1. The standard InChI is InChI=1S/C13H14N2O2/c1-16-11-4-6-12(7-5-11)17-13-3-2-10(8-14)15-9-13/h2-7,9H,8,14H2,1H3. The van der Waals surface area contributed by atoms with Gasteiger partial charge < -0.3 is 15.2 Å². The van der Waals surface area contributed by atoms with Gasteiger partial charge in [0.1, 0.15) is 17.2 Å². The first-order chi connectivity index (χ1) is 8.31. The van der Waals surface area contributed by atoms with Crippen LogP contribution in [0.15, 0.2) is 42.6 Å². The van der Waals surface area contributed by atoms with Crippen LogP contribution in [0.5, 0.6) is 17.2 Å². The second kappa shape index (κ2) is 5.32. The highest BCUT2D eigenvalue weighted by molar-refractivity contribution is 5.34. The highest BCUT2D eigenvalue weighted by Crippen LogP contribution is 2.23. The molecule has 1 aromatic carbocycles. The fraction of sp³-hybridized carbons (Fsp3) is 0.154. The van der Waals surface area contributed by atoms with Crippen molar-refractivity contribution < 1.29 is 9.47 Å². The number of aromatic nitrogens is 1. The summed E-state index contributed by atoms with van der Waals surface area (Å²) in [6, 6.07) is 11.1. The highest BCUT2D eigenvalue weighted by atomic mass is 16.5. The molecule has 2 rings (SSSR count). The maximum atomic E-state index is 5.62. The fourth-order valence-electron chi connectivity index (χ4n) is 1.37. The van der Waals surface area contributed by atoms with Crippen LogP contribution >= 0.6 is 0 Å². The van der Waals surface area contributed by atoms with Gasteiger partial charge in [0, 0.05) is 6.54 Å². The Morgan fingerprint density at radius 1 is 1.00 bits per heavy atom. The van der Waals surface area contributed by atoms with E-state index in [1.54, 1.807) is 13.3 Å². The van der Waals surface area contributed by atoms with Gasteiger partial charge in [-0.25, -0.2) is 0 Å². The summed E-state index contributed by atoms with van der Waals surface area (Å²) in [6.07, 6.45) is 1.66. The van der Waals surface area contributed by atoms with E-state index in [0.29, 0.717) is 12.3 Å². The van der Waals surface area contributed by atoms with Gasteiger partial charge in [-0.1, -0.05) is 0 Å². The van der Waals surface area contributed by atoms with E-state index in [2.05, 4.69) is 4.98 Å². The molecular formula is C13H14N2O2. The van der Waals surface area contributed by atoms with Crippen molar-refractivity contribution in [2.45, 2.75) is 6.54 Å². The predicted molar refractivity (Wildman–Crippen MR) is 65.2 cm³/mol. The van der Waals surface area contributed by atoms with Crippen LogP contribution in [-0.4, -0.2) is 12.1 Å². The van der Waals surface area contributed by atoms with Crippen molar-refractivity contribution in [3.05, 3.63) is 48.3 Å². The zero-order valence-electron chi connectivity index (χ0n) is 9.59. The lowest BCUT2D eigenvalue weighted by molar-refractivity contribution is 0.412.